The summed E-state index contributed by atoms with van der Waals surface area (Å²) in [6.45, 7) is 5.41. The van der Waals surface area contributed by atoms with Crippen molar-refractivity contribution < 1.29 is 18.0 Å². The number of carbonyl (C=O) groups excluding carboxylic acids is 2. The van der Waals surface area contributed by atoms with Crippen LogP contribution < -0.4 is 5.32 Å². The molecule has 0 bridgehead atoms. The molecule has 2 rings (SSSR count). The minimum atomic E-state index is -3.23. The molecule has 7 heteroatoms. The van der Waals surface area contributed by atoms with E-state index in [0.29, 0.717) is 18.8 Å². The Morgan fingerprint density at radius 2 is 2.05 bits per heavy atom. The van der Waals surface area contributed by atoms with E-state index in [4.69, 9.17) is 0 Å². The van der Waals surface area contributed by atoms with Crippen molar-refractivity contribution in [1.82, 2.24) is 10.2 Å². The first-order valence-corrected chi connectivity index (χ1v) is 9.25. The number of sulfone groups is 1. The van der Waals surface area contributed by atoms with E-state index in [-0.39, 0.29) is 18.2 Å². The second-order valence-corrected chi connectivity index (χ2v) is 9.24. The number of urea groups is 1. The highest BCUT2D eigenvalue weighted by Gasteiger charge is 2.54. The van der Waals surface area contributed by atoms with E-state index in [0.717, 1.165) is 12.8 Å². The lowest BCUT2D eigenvalue weighted by molar-refractivity contribution is -0.129. The molecular weight excluding hydrogens is 292 g/mol. The molecule has 0 aromatic heterocycles. The molecule has 6 nitrogen and oxygen atoms in total. The van der Waals surface area contributed by atoms with Crippen LogP contribution in [0.5, 0.6) is 0 Å². The maximum absolute atomic E-state index is 12.3. The summed E-state index contributed by atoms with van der Waals surface area (Å²) in [6, 6.07) is -0.451. The number of rotatable bonds is 4. The molecule has 120 valence electrons. The lowest BCUT2D eigenvalue weighted by atomic mass is 9.75. The average Bonchev–Trinajstić information content (AvgIpc) is 2.58. The smallest absolute Gasteiger partial charge is 0.309 e. The summed E-state index contributed by atoms with van der Waals surface area (Å²) in [5.41, 5.74) is -0.832. The van der Waals surface area contributed by atoms with Crippen molar-refractivity contribution >= 4 is 21.8 Å². The van der Waals surface area contributed by atoms with Crippen molar-refractivity contribution in [2.75, 3.05) is 12.3 Å². The number of hydrogen-bond acceptors (Lipinski definition) is 4. The van der Waals surface area contributed by atoms with E-state index < -0.39 is 26.7 Å². The SMILES string of the molecule is CC1CCCC2(C1)C(=O)NC(=O)N2CCS(=O)(=O)C(C)C. The molecule has 1 aliphatic carbocycles. The largest absolute Gasteiger partial charge is 0.325 e. The average molecular weight is 316 g/mol. The van der Waals surface area contributed by atoms with Crippen molar-refractivity contribution in [2.45, 2.75) is 57.2 Å². The molecule has 21 heavy (non-hydrogen) atoms. The van der Waals surface area contributed by atoms with Gasteiger partial charge in [-0.05, 0) is 32.6 Å². The predicted molar refractivity (Wildman–Crippen MR) is 79.5 cm³/mol. The second-order valence-electron chi connectivity index (χ2n) is 6.56. The number of carbonyl (C=O) groups is 2. The van der Waals surface area contributed by atoms with Gasteiger partial charge < -0.3 is 4.90 Å². The molecular formula is C14H24N2O4S. The highest BCUT2D eigenvalue weighted by molar-refractivity contribution is 7.92. The number of nitrogens with one attached hydrogen (secondary N) is 1. The standard InChI is InChI=1S/C14H24N2O4S/c1-10(2)21(19,20)8-7-16-13(18)15-12(17)14(16)6-4-5-11(3)9-14/h10-11H,4-9H2,1-3H3,(H,15,17,18). The third-order valence-electron chi connectivity index (χ3n) is 4.70. The van der Waals surface area contributed by atoms with Gasteiger partial charge in [-0.15, -0.1) is 0 Å². The number of amides is 3. The van der Waals surface area contributed by atoms with Gasteiger partial charge in [-0.1, -0.05) is 19.8 Å². The fourth-order valence-electron chi connectivity index (χ4n) is 3.34. The molecule has 1 aliphatic heterocycles. The van der Waals surface area contributed by atoms with Crippen molar-refractivity contribution in [1.29, 1.82) is 0 Å². The van der Waals surface area contributed by atoms with Crippen molar-refractivity contribution in [3.05, 3.63) is 0 Å². The van der Waals surface area contributed by atoms with Gasteiger partial charge in [0.25, 0.3) is 5.91 Å². The van der Waals surface area contributed by atoms with Crippen LogP contribution in [0, 0.1) is 5.92 Å². The monoisotopic (exact) mass is 316 g/mol. The van der Waals surface area contributed by atoms with E-state index >= 15 is 0 Å². The van der Waals surface area contributed by atoms with Crippen LogP contribution in [0.3, 0.4) is 0 Å². The van der Waals surface area contributed by atoms with Crippen LogP contribution in [-0.2, 0) is 14.6 Å². The first-order chi connectivity index (χ1) is 9.69. The van der Waals surface area contributed by atoms with Crippen molar-refractivity contribution in [3.8, 4) is 0 Å². The molecule has 0 radical (unpaired) electrons. The topological polar surface area (TPSA) is 83.6 Å². The molecule has 2 unspecified atom stereocenters. The summed E-state index contributed by atoms with van der Waals surface area (Å²) in [5.74, 6) is 0.00204. The van der Waals surface area contributed by atoms with Gasteiger partial charge in [0.2, 0.25) is 0 Å². The highest BCUT2D eigenvalue weighted by Crippen LogP contribution is 2.39. The quantitative estimate of drug-likeness (QED) is 0.793. The van der Waals surface area contributed by atoms with E-state index in [2.05, 4.69) is 12.2 Å². The summed E-state index contributed by atoms with van der Waals surface area (Å²) < 4.78 is 23.9. The molecule has 1 N–H and O–H groups in total. The Hall–Kier alpha value is -1.11. The van der Waals surface area contributed by atoms with Crippen LogP contribution in [-0.4, -0.2) is 48.3 Å². The highest BCUT2D eigenvalue weighted by atomic mass is 32.2. The molecule has 1 saturated heterocycles. The van der Waals surface area contributed by atoms with Crippen LogP contribution in [0.25, 0.3) is 0 Å². The number of imide groups is 1. The molecule has 0 aromatic carbocycles. The molecule has 2 atom stereocenters. The minimum absolute atomic E-state index is 0.0881. The molecule has 0 aromatic rings. The molecule has 1 heterocycles. The van der Waals surface area contributed by atoms with Crippen LogP contribution >= 0.6 is 0 Å². The Morgan fingerprint density at radius 1 is 1.38 bits per heavy atom. The fourth-order valence-corrected chi connectivity index (χ4v) is 4.25. The minimum Gasteiger partial charge on any atom is -0.309 e. The summed E-state index contributed by atoms with van der Waals surface area (Å²) in [5, 5.41) is 1.89. The van der Waals surface area contributed by atoms with Crippen LogP contribution in [0.4, 0.5) is 4.79 Å². The van der Waals surface area contributed by atoms with E-state index in [1.54, 1.807) is 13.8 Å². The van der Waals surface area contributed by atoms with Gasteiger partial charge in [0.05, 0.1) is 11.0 Å². The van der Waals surface area contributed by atoms with E-state index in [9.17, 15) is 18.0 Å². The van der Waals surface area contributed by atoms with Gasteiger partial charge in [0.1, 0.15) is 5.54 Å². The van der Waals surface area contributed by atoms with E-state index in [1.807, 2.05) is 0 Å². The molecule has 1 spiro atoms. The van der Waals surface area contributed by atoms with Crippen molar-refractivity contribution in [3.63, 3.8) is 0 Å². The normalized spacial score (nSPS) is 30.3. The summed E-state index contributed by atoms with van der Waals surface area (Å²) in [7, 11) is -3.23. The molecule has 1 saturated carbocycles. The van der Waals surface area contributed by atoms with Gasteiger partial charge in [-0.3, -0.25) is 10.1 Å². The first-order valence-electron chi connectivity index (χ1n) is 7.54. The fraction of sp³-hybridized carbons (Fsp3) is 0.857. The molecule has 3 amide bonds. The Bertz CT molecular complexity index is 543. The Kier molecular flexibility index (Phi) is 4.33. The van der Waals surface area contributed by atoms with Crippen molar-refractivity contribution in [2.24, 2.45) is 5.92 Å². The Balaban J connectivity index is 2.19. The predicted octanol–water partition coefficient (Wildman–Crippen LogP) is 1.31. The molecule has 2 fully saturated rings. The first kappa shape index (κ1) is 16.3. The third-order valence-corrected chi connectivity index (χ3v) is 6.88. The molecule has 2 aliphatic rings. The zero-order valence-electron chi connectivity index (χ0n) is 12.9. The Morgan fingerprint density at radius 3 is 2.62 bits per heavy atom. The lowest BCUT2D eigenvalue weighted by Gasteiger charge is -2.40. The summed E-state index contributed by atoms with van der Waals surface area (Å²) in [4.78, 5) is 25.8. The van der Waals surface area contributed by atoms with Gasteiger partial charge in [-0.2, -0.15) is 0 Å². The zero-order chi connectivity index (χ0) is 15.8. The van der Waals surface area contributed by atoms with Gasteiger partial charge >= 0.3 is 6.03 Å². The Labute approximate surface area is 126 Å². The van der Waals surface area contributed by atoms with Gasteiger partial charge in [-0.25, -0.2) is 13.2 Å². The second kappa shape index (κ2) is 5.59. The van der Waals surface area contributed by atoms with Crippen LogP contribution in [0.1, 0.15) is 46.5 Å². The van der Waals surface area contributed by atoms with Crippen LogP contribution in [0.2, 0.25) is 0 Å². The zero-order valence-corrected chi connectivity index (χ0v) is 13.7. The lowest BCUT2D eigenvalue weighted by Crippen LogP contribution is -2.53. The number of hydrogen-bond donors (Lipinski definition) is 1. The maximum atomic E-state index is 12.3. The summed E-state index contributed by atoms with van der Waals surface area (Å²) in [6.07, 6.45) is 3.17. The van der Waals surface area contributed by atoms with E-state index in [1.165, 1.54) is 4.90 Å². The third kappa shape index (κ3) is 2.93. The summed E-state index contributed by atoms with van der Waals surface area (Å²) >= 11 is 0. The van der Waals surface area contributed by atoms with Gasteiger partial charge in [0, 0.05) is 6.54 Å². The number of nitrogens with zero attached hydrogens (tertiary/aromatic N) is 1. The maximum Gasteiger partial charge on any atom is 0.325 e. The van der Waals surface area contributed by atoms with Gasteiger partial charge in [0.15, 0.2) is 9.84 Å². The van der Waals surface area contributed by atoms with Crippen LogP contribution in [0.15, 0.2) is 0 Å².